The second-order valence-corrected chi connectivity index (χ2v) is 63.6. The van der Waals surface area contributed by atoms with E-state index in [-0.39, 0.29) is 0 Å². The summed E-state index contributed by atoms with van der Waals surface area (Å²) in [5, 5.41) is 23.4. The molecule has 5 nitrogen and oxygen atoms in total. The predicted molar refractivity (Wildman–Crippen MR) is 492 cm³/mol. The maximum absolute atomic E-state index is 11.7. The second-order valence-electron chi connectivity index (χ2n) is 35.7. The summed E-state index contributed by atoms with van der Waals surface area (Å²) in [6, 6.07) is 35.5. The van der Waals surface area contributed by atoms with Crippen molar-refractivity contribution in [2.45, 2.75) is 291 Å². The molecule has 1 aliphatic carbocycles. The van der Waals surface area contributed by atoms with Crippen molar-refractivity contribution in [2.24, 2.45) is 0 Å². The minimum Gasteiger partial charge on any atom is -0.238 e. The molecule has 0 saturated heterocycles. The van der Waals surface area contributed by atoms with Crippen LogP contribution in [0.1, 0.15) is 291 Å². The molecule has 0 atom stereocenters. The average molecular weight is 1540 g/mol. The molecule has 0 fully saturated rings. The van der Waals surface area contributed by atoms with Gasteiger partial charge >= 0.3 is 0 Å². The summed E-state index contributed by atoms with van der Waals surface area (Å²) in [6.45, 7) is 96.7. The third-order valence-corrected chi connectivity index (χ3v) is 56.3. The zero-order valence-corrected chi connectivity index (χ0v) is 77.4. The highest BCUT2D eigenvalue weighted by Gasteiger charge is 2.46. The van der Waals surface area contributed by atoms with Crippen LogP contribution in [0.2, 0.25) is 83.1 Å². The van der Waals surface area contributed by atoms with Crippen molar-refractivity contribution in [3.05, 3.63) is 209 Å². The summed E-state index contributed by atoms with van der Waals surface area (Å²) in [6.07, 6.45) is 9.52. The monoisotopic (exact) mass is 1540 g/mol. The Morgan fingerprint density at radius 2 is 0.382 bits per heavy atom. The van der Waals surface area contributed by atoms with Crippen LogP contribution in [0.15, 0.2) is 91.0 Å². The van der Waals surface area contributed by atoms with E-state index in [1.807, 2.05) is 109 Å². The third kappa shape index (κ3) is 19.5. The smallest absolute Gasteiger partial charge is 0.194 e. The van der Waals surface area contributed by atoms with E-state index in [1.54, 1.807) is 0 Å². The van der Waals surface area contributed by atoms with Crippen LogP contribution in [-0.2, 0) is 0 Å². The highest BCUT2D eigenvalue weighted by atomic mass is 28.3. The first-order valence-corrected chi connectivity index (χ1v) is 51.6. The van der Waals surface area contributed by atoms with Crippen LogP contribution in [0.25, 0.3) is 73.2 Å². The maximum Gasteiger partial charge on any atom is 0.194 e. The Labute approximate surface area is 673 Å². The molecule has 0 aromatic heterocycles. The van der Waals surface area contributed by atoms with Crippen LogP contribution in [-0.4, -0.2) is 40.4 Å². The van der Waals surface area contributed by atoms with Gasteiger partial charge in [0.15, 0.2) is 17.1 Å². The molecule has 10 heteroatoms. The average Bonchev–Trinajstić information content (AvgIpc) is 0.846. The lowest BCUT2D eigenvalue weighted by Gasteiger charge is -2.38. The third-order valence-electron chi connectivity index (χ3n) is 24.9. The molecule has 10 bridgehead atoms. The minimum absolute atomic E-state index is 0.353. The minimum atomic E-state index is -2.30. The number of allylic oxidation sites excluding steroid dienone is 2. The Morgan fingerprint density at radius 3 is 0.536 bits per heavy atom. The van der Waals surface area contributed by atoms with E-state index in [2.05, 4.69) is 304 Å². The molecular weight excluding hydrogens is 1410 g/mol. The van der Waals surface area contributed by atoms with Crippen LogP contribution in [0.4, 0.5) is 0 Å². The molecule has 0 heterocycles. The second kappa shape index (κ2) is 37.9. The van der Waals surface area contributed by atoms with Crippen molar-refractivity contribution in [2.75, 3.05) is 0 Å². The number of nitriles is 2. The Kier molecular flexibility index (Phi) is 31.0. The summed E-state index contributed by atoms with van der Waals surface area (Å²) in [5.74, 6) is 18.7. The van der Waals surface area contributed by atoms with Gasteiger partial charge in [-0.3, -0.25) is 0 Å². The van der Waals surface area contributed by atoms with Crippen LogP contribution in [0.5, 0.6) is 0 Å². The quantitative estimate of drug-likeness (QED) is 0.0596. The lowest BCUT2D eigenvalue weighted by Crippen LogP contribution is -2.43. The number of nitrogens with zero attached hydrogens (tertiary/aromatic N) is 5. The highest BCUT2D eigenvalue weighted by molar-refractivity contribution is 6.92. The van der Waals surface area contributed by atoms with E-state index in [1.165, 1.54) is 0 Å². The molecule has 5 aromatic rings. The standard InChI is InChI=1S/C100H125N5Si5/c1-66(2)106(67(3)4,68(5)6)39-34-81-44-86-54-91(49-81)97(65-102)60-87-45-83(36-41-108(72(13)14,73(15)16)74(17)18)51-93(56-87)99(104-32)62-89-47-85(38-43-110(78(25)26,79(27)28)80(29)30)53-95(58-89)100(105-33)63-90-48-84(37-42-109(75(19)20,76(21)22)77(23)24)52-94(57-90)98(103-31)61-88-46-82(50-92(55-88)96(59-86)64-101)35-40-107(69(7)8,70(9)10)71(11)12/h44-63,66-80H,1-30H3. The number of hydrogen-bond donors (Lipinski definition) is 0. The van der Waals surface area contributed by atoms with E-state index in [9.17, 15) is 10.5 Å². The SMILES string of the molecule is [C-]#[N+]C1=Cc2cc(C#C[Si](C(C)C)(C(C)C)C(C)C)cc(c2)C(C#N)=Cc2cc(C#C[Si](C(C)C)(C(C)C)C(C)C)cc(c2)C(C#N)=Cc2cc(C#C[Si](C(C)C)(C(C)C)C(C)C)cc(c2)C([N+]#[C-])=Cc2cc(C#C[Si](C(C)C)(C(C)C)C(C)C)cc(c2)C([N+]#[C-])=Cc2cc(C#C[Si](C(C)C)(C(C)C)C(C)C)cc1c2. The van der Waals surface area contributed by atoms with Crippen molar-refractivity contribution in [1.29, 1.82) is 10.5 Å². The molecule has 0 radical (unpaired) electrons. The van der Waals surface area contributed by atoms with E-state index in [0.717, 1.165) is 27.8 Å². The zero-order chi connectivity index (χ0) is 82.5. The summed E-state index contributed by atoms with van der Waals surface area (Å²) in [5.41, 5.74) is 37.4. The zero-order valence-electron chi connectivity index (χ0n) is 72.4. The lowest BCUT2D eigenvalue weighted by molar-refractivity contribution is 0.838. The van der Waals surface area contributed by atoms with E-state index in [0.29, 0.717) is 167 Å². The van der Waals surface area contributed by atoms with E-state index >= 15 is 0 Å². The van der Waals surface area contributed by atoms with Gasteiger partial charge in [-0.05, 0) is 242 Å². The summed E-state index contributed by atoms with van der Waals surface area (Å²) in [7, 11) is -11.5. The van der Waals surface area contributed by atoms with Gasteiger partial charge in [-0.15, -0.1) is 27.7 Å². The first kappa shape index (κ1) is 90.0. The van der Waals surface area contributed by atoms with E-state index < -0.39 is 40.4 Å². The summed E-state index contributed by atoms with van der Waals surface area (Å²) < 4.78 is 0. The number of hydrogen-bond acceptors (Lipinski definition) is 2. The van der Waals surface area contributed by atoms with Crippen molar-refractivity contribution >= 4 is 99.0 Å². The van der Waals surface area contributed by atoms with Gasteiger partial charge in [-0.25, -0.2) is 14.5 Å². The van der Waals surface area contributed by atoms with Crippen molar-refractivity contribution in [3.8, 4) is 69.5 Å². The largest absolute Gasteiger partial charge is 0.238 e. The van der Waals surface area contributed by atoms with Crippen LogP contribution < -0.4 is 0 Å². The number of benzene rings is 5. The normalized spacial score (nSPS) is 13.2. The molecular formula is C100H125N5Si5. The predicted octanol–water partition coefficient (Wildman–Crippen LogP) is 29.2. The molecule has 0 spiro atoms. The van der Waals surface area contributed by atoms with E-state index in [4.69, 9.17) is 19.7 Å². The number of rotatable bonds is 15. The van der Waals surface area contributed by atoms with Gasteiger partial charge in [0.25, 0.3) is 0 Å². The fourth-order valence-electron chi connectivity index (χ4n) is 19.6. The topological polar surface area (TPSA) is 60.7 Å². The maximum atomic E-state index is 11.7. The fourth-order valence-corrected chi connectivity index (χ4v) is 45.7. The van der Waals surface area contributed by atoms with Gasteiger partial charge in [0.1, 0.15) is 40.4 Å². The van der Waals surface area contributed by atoms with Crippen molar-refractivity contribution in [1.82, 2.24) is 0 Å². The first-order valence-electron chi connectivity index (χ1n) is 40.5. The Bertz CT molecular complexity index is 4150. The Morgan fingerprint density at radius 1 is 0.227 bits per heavy atom. The molecule has 0 saturated carbocycles. The van der Waals surface area contributed by atoms with Gasteiger partial charge in [0.05, 0.1) is 43.0 Å². The molecule has 0 aliphatic heterocycles. The van der Waals surface area contributed by atoms with Gasteiger partial charge in [-0.1, -0.05) is 256 Å². The Hall–Kier alpha value is -8.87. The molecule has 110 heavy (non-hydrogen) atoms. The van der Waals surface area contributed by atoms with Gasteiger partial charge in [-0.2, -0.15) is 10.5 Å². The summed E-state index contributed by atoms with van der Waals surface area (Å²) >= 11 is 0. The Balaban J connectivity index is 2.00. The van der Waals surface area contributed by atoms with Crippen molar-refractivity contribution < 1.29 is 0 Å². The molecule has 0 unspecified atom stereocenters. The van der Waals surface area contributed by atoms with Gasteiger partial charge in [0.2, 0.25) is 0 Å². The van der Waals surface area contributed by atoms with Crippen LogP contribution >= 0.6 is 0 Å². The molecule has 5 aromatic carbocycles. The molecule has 1 aliphatic rings. The molecule has 0 N–H and O–H groups in total. The highest BCUT2D eigenvalue weighted by Crippen LogP contribution is 2.46. The molecule has 570 valence electrons. The van der Waals surface area contributed by atoms with Crippen LogP contribution in [0, 0.1) is 99.7 Å². The van der Waals surface area contributed by atoms with Gasteiger partial charge < -0.3 is 0 Å². The van der Waals surface area contributed by atoms with Crippen molar-refractivity contribution in [3.63, 3.8) is 0 Å². The summed E-state index contributed by atoms with van der Waals surface area (Å²) in [4.78, 5) is 13.1. The number of fused-ring (bicyclic) bond motifs is 10. The first-order chi connectivity index (χ1) is 51.5. The molecule has 6 rings (SSSR count). The fraction of sp³-hybridized carbons (Fsp3) is 0.450. The molecule has 0 amide bonds. The van der Waals surface area contributed by atoms with Crippen LogP contribution in [0.3, 0.4) is 0 Å². The lowest BCUT2D eigenvalue weighted by atomic mass is 9.94. The van der Waals surface area contributed by atoms with Gasteiger partial charge in [0, 0.05) is 27.8 Å².